The van der Waals surface area contributed by atoms with Gasteiger partial charge in [0, 0.05) is 24.7 Å². The molecule has 0 bridgehead atoms. The van der Waals surface area contributed by atoms with E-state index in [-0.39, 0.29) is 5.54 Å². The normalized spacial score (nSPS) is 38.7. The number of fused-ring (bicyclic) bond motifs is 1. The average Bonchev–Trinajstić information content (AvgIpc) is 3.19. The van der Waals surface area contributed by atoms with Crippen LogP contribution in [-0.4, -0.2) is 42.7 Å². The third-order valence-electron chi connectivity index (χ3n) is 5.66. The SMILES string of the molecule is CC(CNC1(CN)CCN2CCCCC21)C1CC1. The summed E-state index contributed by atoms with van der Waals surface area (Å²) in [6.45, 7) is 6.94. The molecule has 3 fully saturated rings. The first kappa shape index (κ1) is 12.9. The number of nitrogens with zero attached hydrogens (tertiary/aromatic N) is 1. The van der Waals surface area contributed by atoms with Crippen LogP contribution in [0.2, 0.25) is 0 Å². The summed E-state index contributed by atoms with van der Waals surface area (Å²) in [6, 6.07) is 0.711. The number of nitrogens with two attached hydrogens (primary N) is 1. The molecule has 104 valence electrons. The lowest BCUT2D eigenvalue weighted by Gasteiger charge is -2.41. The Hall–Kier alpha value is -0.120. The third-order valence-corrected chi connectivity index (χ3v) is 5.66. The number of nitrogens with one attached hydrogen (secondary N) is 1. The third kappa shape index (κ3) is 2.33. The number of piperidine rings is 1. The number of hydrogen-bond donors (Lipinski definition) is 2. The predicted octanol–water partition coefficient (Wildman–Crippen LogP) is 1.58. The summed E-state index contributed by atoms with van der Waals surface area (Å²) in [7, 11) is 0. The highest BCUT2D eigenvalue weighted by atomic mass is 15.3. The van der Waals surface area contributed by atoms with Gasteiger partial charge in [0.1, 0.15) is 0 Å². The Morgan fingerprint density at radius 3 is 2.83 bits per heavy atom. The van der Waals surface area contributed by atoms with Gasteiger partial charge in [-0.05, 0) is 57.0 Å². The molecule has 3 heteroatoms. The topological polar surface area (TPSA) is 41.3 Å². The first-order valence-electron chi connectivity index (χ1n) is 7.94. The van der Waals surface area contributed by atoms with Crippen LogP contribution in [0.25, 0.3) is 0 Å². The average molecular weight is 251 g/mol. The molecule has 2 heterocycles. The van der Waals surface area contributed by atoms with Crippen molar-refractivity contribution < 1.29 is 0 Å². The van der Waals surface area contributed by atoms with E-state index in [1.165, 1.54) is 58.2 Å². The second-order valence-electron chi connectivity index (χ2n) is 6.85. The van der Waals surface area contributed by atoms with Gasteiger partial charge in [0.25, 0.3) is 0 Å². The van der Waals surface area contributed by atoms with Crippen molar-refractivity contribution in [3.8, 4) is 0 Å². The molecular weight excluding hydrogens is 222 g/mol. The lowest BCUT2D eigenvalue weighted by molar-refractivity contribution is 0.137. The van der Waals surface area contributed by atoms with Crippen molar-refractivity contribution in [2.75, 3.05) is 26.2 Å². The van der Waals surface area contributed by atoms with Crippen LogP contribution in [0.15, 0.2) is 0 Å². The Balaban J connectivity index is 1.61. The van der Waals surface area contributed by atoms with E-state index in [4.69, 9.17) is 5.73 Å². The summed E-state index contributed by atoms with van der Waals surface area (Å²) in [5, 5.41) is 3.90. The molecule has 0 aromatic heterocycles. The van der Waals surface area contributed by atoms with Crippen LogP contribution < -0.4 is 11.1 Å². The zero-order valence-corrected chi connectivity index (χ0v) is 11.8. The fraction of sp³-hybridized carbons (Fsp3) is 1.00. The summed E-state index contributed by atoms with van der Waals surface area (Å²) in [5.74, 6) is 1.84. The zero-order valence-electron chi connectivity index (χ0n) is 11.8. The Labute approximate surface area is 111 Å². The van der Waals surface area contributed by atoms with Gasteiger partial charge in [0.2, 0.25) is 0 Å². The second kappa shape index (κ2) is 5.10. The van der Waals surface area contributed by atoms with Crippen molar-refractivity contribution in [2.24, 2.45) is 17.6 Å². The van der Waals surface area contributed by atoms with Crippen LogP contribution in [0.1, 0.15) is 45.4 Å². The zero-order chi connectivity index (χ0) is 12.6. The molecule has 0 amide bonds. The second-order valence-corrected chi connectivity index (χ2v) is 6.85. The summed E-state index contributed by atoms with van der Waals surface area (Å²) in [4.78, 5) is 2.69. The Kier molecular flexibility index (Phi) is 3.65. The van der Waals surface area contributed by atoms with Crippen molar-refractivity contribution in [2.45, 2.75) is 57.0 Å². The van der Waals surface area contributed by atoms with Gasteiger partial charge in [-0.2, -0.15) is 0 Å². The van der Waals surface area contributed by atoms with Crippen LogP contribution in [0.4, 0.5) is 0 Å². The highest BCUT2D eigenvalue weighted by Gasteiger charge is 2.47. The molecule has 2 aliphatic heterocycles. The molecule has 0 aromatic rings. The minimum atomic E-state index is 0.226. The molecule has 3 nitrogen and oxygen atoms in total. The lowest BCUT2D eigenvalue weighted by Crippen LogP contribution is -2.60. The van der Waals surface area contributed by atoms with Crippen molar-refractivity contribution in [3.63, 3.8) is 0 Å². The lowest BCUT2D eigenvalue weighted by atomic mass is 9.85. The standard InChI is InChI=1S/C15H29N3/c1-12(13-5-6-13)10-17-15(11-16)7-9-18-8-3-2-4-14(15)18/h12-14,17H,2-11,16H2,1H3. The van der Waals surface area contributed by atoms with Crippen molar-refractivity contribution in [3.05, 3.63) is 0 Å². The molecule has 3 aliphatic rings. The van der Waals surface area contributed by atoms with E-state index in [9.17, 15) is 0 Å². The minimum Gasteiger partial charge on any atom is -0.329 e. The molecule has 1 aliphatic carbocycles. The van der Waals surface area contributed by atoms with Gasteiger partial charge in [-0.25, -0.2) is 0 Å². The highest BCUT2D eigenvalue weighted by Crippen LogP contribution is 2.38. The van der Waals surface area contributed by atoms with E-state index < -0.39 is 0 Å². The van der Waals surface area contributed by atoms with Crippen LogP contribution in [-0.2, 0) is 0 Å². The fourth-order valence-electron chi connectivity index (χ4n) is 4.11. The maximum Gasteiger partial charge on any atom is 0.0473 e. The molecule has 0 radical (unpaired) electrons. The smallest absolute Gasteiger partial charge is 0.0473 e. The molecule has 1 saturated carbocycles. The molecule has 3 atom stereocenters. The van der Waals surface area contributed by atoms with Gasteiger partial charge in [0.05, 0.1) is 0 Å². The fourth-order valence-corrected chi connectivity index (χ4v) is 4.11. The van der Waals surface area contributed by atoms with Crippen molar-refractivity contribution in [1.82, 2.24) is 10.2 Å². The molecule has 2 saturated heterocycles. The highest BCUT2D eigenvalue weighted by molar-refractivity contribution is 5.07. The molecule has 3 N–H and O–H groups in total. The van der Waals surface area contributed by atoms with Gasteiger partial charge in [-0.1, -0.05) is 13.3 Å². The maximum atomic E-state index is 6.16. The van der Waals surface area contributed by atoms with E-state index in [1.54, 1.807) is 0 Å². The van der Waals surface area contributed by atoms with E-state index in [0.29, 0.717) is 6.04 Å². The van der Waals surface area contributed by atoms with Crippen molar-refractivity contribution >= 4 is 0 Å². The number of hydrogen-bond acceptors (Lipinski definition) is 3. The van der Waals surface area contributed by atoms with Crippen LogP contribution in [0, 0.1) is 11.8 Å². The van der Waals surface area contributed by atoms with Crippen LogP contribution >= 0.6 is 0 Å². The first-order valence-corrected chi connectivity index (χ1v) is 7.94. The van der Waals surface area contributed by atoms with E-state index >= 15 is 0 Å². The van der Waals surface area contributed by atoms with Gasteiger partial charge >= 0.3 is 0 Å². The monoisotopic (exact) mass is 251 g/mol. The van der Waals surface area contributed by atoms with Gasteiger partial charge in [0.15, 0.2) is 0 Å². The van der Waals surface area contributed by atoms with E-state index in [1.807, 2.05) is 0 Å². The molecular formula is C15H29N3. The summed E-state index contributed by atoms with van der Waals surface area (Å²) < 4.78 is 0. The van der Waals surface area contributed by atoms with Crippen LogP contribution in [0.3, 0.4) is 0 Å². The Morgan fingerprint density at radius 1 is 1.28 bits per heavy atom. The van der Waals surface area contributed by atoms with Gasteiger partial charge < -0.3 is 11.1 Å². The van der Waals surface area contributed by atoms with E-state index in [2.05, 4.69) is 17.1 Å². The quantitative estimate of drug-likeness (QED) is 0.779. The van der Waals surface area contributed by atoms with Gasteiger partial charge in [-0.15, -0.1) is 0 Å². The molecule has 3 unspecified atom stereocenters. The Bertz CT molecular complexity index is 289. The molecule has 3 rings (SSSR count). The Morgan fingerprint density at radius 2 is 2.11 bits per heavy atom. The van der Waals surface area contributed by atoms with Crippen LogP contribution in [0.5, 0.6) is 0 Å². The van der Waals surface area contributed by atoms with Crippen molar-refractivity contribution in [1.29, 1.82) is 0 Å². The maximum absolute atomic E-state index is 6.16. The summed E-state index contributed by atoms with van der Waals surface area (Å²) >= 11 is 0. The molecule has 0 aromatic carbocycles. The molecule has 0 spiro atoms. The predicted molar refractivity (Wildman–Crippen MR) is 75.5 cm³/mol. The largest absolute Gasteiger partial charge is 0.329 e. The minimum absolute atomic E-state index is 0.226. The molecule has 18 heavy (non-hydrogen) atoms. The van der Waals surface area contributed by atoms with Gasteiger partial charge in [-0.3, -0.25) is 4.90 Å². The number of rotatable bonds is 5. The summed E-state index contributed by atoms with van der Waals surface area (Å²) in [6.07, 6.45) is 8.29. The summed E-state index contributed by atoms with van der Waals surface area (Å²) in [5.41, 5.74) is 6.39. The first-order chi connectivity index (χ1) is 8.75. The van der Waals surface area contributed by atoms with E-state index in [0.717, 1.165) is 18.4 Å².